The number of rotatable bonds is 4. The number of halogens is 1. The lowest BCUT2D eigenvalue weighted by atomic mass is 10.2. The van der Waals surface area contributed by atoms with Crippen LogP contribution in [0.25, 0.3) is 0 Å². The molecular formula is C14H11FN2O4. The number of nitrogens with zero attached hydrogens (tertiary/aromatic N) is 1. The summed E-state index contributed by atoms with van der Waals surface area (Å²) in [5.74, 6) is -0.815. The van der Waals surface area contributed by atoms with Crippen LogP contribution in [0.2, 0.25) is 0 Å². The van der Waals surface area contributed by atoms with E-state index in [0.717, 1.165) is 12.1 Å². The fourth-order valence-electron chi connectivity index (χ4n) is 1.68. The van der Waals surface area contributed by atoms with Crippen molar-refractivity contribution in [2.45, 2.75) is 0 Å². The van der Waals surface area contributed by atoms with Crippen LogP contribution >= 0.6 is 0 Å². The number of amides is 1. The van der Waals surface area contributed by atoms with Gasteiger partial charge in [-0.2, -0.15) is 4.39 Å². The molecule has 0 aliphatic rings. The van der Waals surface area contributed by atoms with Crippen LogP contribution in [-0.4, -0.2) is 17.9 Å². The molecule has 0 heterocycles. The Bertz CT molecular complexity index is 686. The van der Waals surface area contributed by atoms with Gasteiger partial charge in [-0.1, -0.05) is 0 Å². The molecule has 1 N–H and O–H groups in total. The number of nitro groups is 1. The monoisotopic (exact) mass is 290 g/mol. The predicted octanol–water partition coefficient (Wildman–Crippen LogP) is 2.99. The summed E-state index contributed by atoms with van der Waals surface area (Å²) >= 11 is 0. The van der Waals surface area contributed by atoms with Gasteiger partial charge < -0.3 is 10.1 Å². The SMILES string of the molecule is COc1ccc(C(=O)Nc2ccc(F)c([N+](=O)[O-])c2)cc1. The zero-order chi connectivity index (χ0) is 15.4. The molecular weight excluding hydrogens is 279 g/mol. The second-order valence-electron chi connectivity index (χ2n) is 4.11. The van der Waals surface area contributed by atoms with Crippen LogP contribution in [0.15, 0.2) is 42.5 Å². The molecule has 2 rings (SSSR count). The average molecular weight is 290 g/mol. The summed E-state index contributed by atoms with van der Waals surface area (Å²) in [4.78, 5) is 21.8. The Morgan fingerprint density at radius 2 is 1.90 bits per heavy atom. The molecule has 0 spiro atoms. The summed E-state index contributed by atoms with van der Waals surface area (Å²) in [5.41, 5.74) is -0.200. The van der Waals surface area contributed by atoms with E-state index in [4.69, 9.17) is 4.74 Å². The van der Waals surface area contributed by atoms with Gasteiger partial charge in [0.05, 0.1) is 12.0 Å². The summed E-state index contributed by atoms with van der Waals surface area (Å²) in [7, 11) is 1.51. The molecule has 0 saturated heterocycles. The Hall–Kier alpha value is -2.96. The first-order chi connectivity index (χ1) is 10.0. The van der Waals surface area contributed by atoms with E-state index >= 15 is 0 Å². The fourth-order valence-corrected chi connectivity index (χ4v) is 1.68. The van der Waals surface area contributed by atoms with Gasteiger partial charge in [-0.15, -0.1) is 0 Å². The van der Waals surface area contributed by atoms with Gasteiger partial charge in [-0.05, 0) is 36.4 Å². The van der Waals surface area contributed by atoms with Gasteiger partial charge in [0.1, 0.15) is 5.75 Å². The van der Waals surface area contributed by atoms with Crippen molar-refractivity contribution in [3.05, 3.63) is 64.0 Å². The molecule has 0 unspecified atom stereocenters. The number of nitrogens with one attached hydrogen (secondary N) is 1. The highest BCUT2D eigenvalue weighted by atomic mass is 19.1. The van der Waals surface area contributed by atoms with Gasteiger partial charge in [0.2, 0.25) is 5.82 Å². The molecule has 0 fully saturated rings. The molecule has 0 aliphatic carbocycles. The normalized spacial score (nSPS) is 10.0. The molecule has 1 amide bonds. The second kappa shape index (κ2) is 6.00. The molecule has 0 aromatic heterocycles. The molecule has 0 saturated carbocycles. The minimum Gasteiger partial charge on any atom is -0.497 e. The van der Waals surface area contributed by atoms with Crippen molar-refractivity contribution < 1.29 is 18.8 Å². The van der Waals surface area contributed by atoms with Crippen molar-refractivity contribution in [3.63, 3.8) is 0 Å². The quantitative estimate of drug-likeness (QED) is 0.693. The third-order valence-corrected chi connectivity index (χ3v) is 2.75. The van der Waals surface area contributed by atoms with Gasteiger partial charge >= 0.3 is 5.69 Å². The van der Waals surface area contributed by atoms with E-state index in [0.29, 0.717) is 11.3 Å². The lowest BCUT2D eigenvalue weighted by molar-refractivity contribution is -0.387. The second-order valence-corrected chi connectivity index (χ2v) is 4.11. The third-order valence-electron chi connectivity index (χ3n) is 2.75. The molecule has 2 aromatic carbocycles. The standard InChI is InChI=1S/C14H11FN2O4/c1-21-11-5-2-9(3-6-11)14(18)16-10-4-7-12(15)13(8-10)17(19)20/h2-8H,1H3,(H,16,18). The highest BCUT2D eigenvalue weighted by molar-refractivity contribution is 6.04. The van der Waals surface area contributed by atoms with E-state index in [1.54, 1.807) is 24.3 Å². The first-order valence-corrected chi connectivity index (χ1v) is 5.90. The highest BCUT2D eigenvalue weighted by Crippen LogP contribution is 2.22. The third kappa shape index (κ3) is 3.33. The van der Waals surface area contributed by atoms with Gasteiger partial charge in [0.25, 0.3) is 5.91 Å². The van der Waals surface area contributed by atoms with Gasteiger partial charge in [-0.3, -0.25) is 14.9 Å². The summed E-state index contributed by atoms with van der Waals surface area (Å²) in [6.07, 6.45) is 0. The van der Waals surface area contributed by atoms with Crippen LogP contribution < -0.4 is 10.1 Å². The Morgan fingerprint density at radius 1 is 1.24 bits per heavy atom. The molecule has 0 aliphatic heterocycles. The number of ether oxygens (including phenoxy) is 1. The van der Waals surface area contributed by atoms with Crippen LogP contribution in [0.4, 0.5) is 15.8 Å². The van der Waals surface area contributed by atoms with Crippen LogP contribution in [0.1, 0.15) is 10.4 Å². The maximum atomic E-state index is 13.2. The van der Waals surface area contributed by atoms with Crippen LogP contribution in [0.5, 0.6) is 5.75 Å². The minimum absolute atomic E-state index is 0.143. The fraction of sp³-hybridized carbons (Fsp3) is 0.0714. The van der Waals surface area contributed by atoms with E-state index in [9.17, 15) is 19.3 Å². The molecule has 0 radical (unpaired) electrons. The predicted molar refractivity (Wildman–Crippen MR) is 74.0 cm³/mol. The zero-order valence-electron chi connectivity index (χ0n) is 11.0. The average Bonchev–Trinajstić information content (AvgIpc) is 2.49. The summed E-state index contributed by atoms with van der Waals surface area (Å²) in [5, 5.41) is 13.1. The Kier molecular flexibility index (Phi) is 4.13. The Morgan fingerprint density at radius 3 is 2.48 bits per heavy atom. The van der Waals surface area contributed by atoms with E-state index in [2.05, 4.69) is 5.32 Å². The number of carbonyl (C=O) groups excluding carboxylic acids is 1. The van der Waals surface area contributed by atoms with Gasteiger partial charge in [0, 0.05) is 17.3 Å². The first kappa shape index (κ1) is 14.4. The number of benzene rings is 2. The van der Waals surface area contributed by atoms with Crippen molar-refractivity contribution in [3.8, 4) is 5.75 Å². The van der Waals surface area contributed by atoms with E-state index in [1.165, 1.54) is 13.2 Å². The van der Waals surface area contributed by atoms with Crippen LogP contribution in [0, 0.1) is 15.9 Å². The number of carbonyl (C=O) groups is 1. The Labute approximate surface area is 119 Å². The largest absolute Gasteiger partial charge is 0.497 e. The number of hydrogen-bond donors (Lipinski definition) is 1. The zero-order valence-corrected chi connectivity index (χ0v) is 11.0. The van der Waals surface area contributed by atoms with Crippen molar-refractivity contribution in [1.29, 1.82) is 0 Å². The summed E-state index contributed by atoms with van der Waals surface area (Å²) < 4.78 is 18.2. The maximum absolute atomic E-state index is 13.2. The van der Waals surface area contributed by atoms with E-state index in [-0.39, 0.29) is 5.69 Å². The number of nitro benzene ring substituents is 1. The van der Waals surface area contributed by atoms with Crippen molar-refractivity contribution >= 4 is 17.3 Å². The molecule has 21 heavy (non-hydrogen) atoms. The van der Waals surface area contributed by atoms with Crippen molar-refractivity contribution in [2.75, 3.05) is 12.4 Å². The summed E-state index contributed by atoms with van der Waals surface area (Å²) in [6, 6.07) is 9.48. The lowest BCUT2D eigenvalue weighted by Gasteiger charge is -2.06. The maximum Gasteiger partial charge on any atom is 0.306 e. The van der Waals surface area contributed by atoms with Crippen LogP contribution in [0.3, 0.4) is 0 Å². The Balaban J connectivity index is 2.19. The minimum atomic E-state index is -0.956. The van der Waals surface area contributed by atoms with Gasteiger partial charge in [-0.25, -0.2) is 0 Å². The molecule has 0 bridgehead atoms. The topological polar surface area (TPSA) is 81.5 Å². The van der Waals surface area contributed by atoms with Gasteiger partial charge in [0.15, 0.2) is 0 Å². The number of anilines is 1. The summed E-state index contributed by atoms with van der Waals surface area (Å²) in [6.45, 7) is 0. The van der Waals surface area contributed by atoms with Crippen LogP contribution in [-0.2, 0) is 0 Å². The number of methoxy groups -OCH3 is 1. The first-order valence-electron chi connectivity index (χ1n) is 5.90. The van der Waals surface area contributed by atoms with E-state index in [1.807, 2.05) is 0 Å². The highest BCUT2D eigenvalue weighted by Gasteiger charge is 2.15. The van der Waals surface area contributed by atoms with Crippen molar-refractivity contribution in [1.82, 2.24) is 0 Å². The molecule has 108 valence electrons. The number of hydrogen-bond acceptors (Lipinski definition) is 4. The smallest absolute Gasteiger partial charge is 0.306 e. The van der Waals surface area contributed by atoms with Crippen molar-refractivity contribution in [2.24, 2.45) is 0 Å². The molecule has 7 heteroatoms. The van der Waals surface area contributed by atoms with E-state index < -0.39 is 22.3 Å². The molecule has 2 aromatic rings. The molecule has 6 nitrogen and oxygen atoms in total. The lowest BCUT2D eigenvalue weighted by Crippen LogP contribution is -2.12. The molecule has 0 atom stereocenters.